The first-order valence-corrected chi connectivity index (χ1v) is 12.6. The summed E-state index contributed by atoms with van der Waals surface area (Å²) >= 11 is 1.17. The molecule has 6 nitrogen and oxygen atoms in total. The molecule has 0 spiro atoms. The second-order valence-electron chi connectivity index (χ2n) is 8.66. The van der Waals surface area contributed by atoms with E-state index in [9.17, 15) is 14.9 Å². The van der Waals surface area contributed by atoms with Crippen molar-refractivity contribution in [2.75, 3.05) is 12.0 Å². The molecule has 0 radical (unpaired) electrons. The van der Waals surface area contributed by atoms with Crippen LogP contribution in [0.4, 0.5) is 5.69 Å². The Kier molecular flexibility index (Phi) is 6.76. The summed E-state index contributed by atoms with van der Waals surface area (Å²) in [4.78, 5) is 32.2. The Bertz CT molecular complexity index is 1510. The standard InChI is InChI=1S/C30H23N3O3S/c1-19-8-12-22(13-9-19)33-28(34)17-27(30(33)35)37-29-25(18-31)24(20-10-14-23(36-2)15-11-20)16-26(32-29)21-6-4-3-5-7-21/h3-16,27H,17H2,1-2H3/t27-/m1/s1. The van der Waals surface area contributed by atoms with E-state index in [0.29, 0.717) is 33.3 Å². The number of thioether (sulfide) groups is 1. The highest BCUT2D eigenvalue weighted by Crippen LogP contribution is 2.39. The van der Waals surface area contributed by atoms with Gasteiger partial charge in [0, 0.05) is 17.5 Å². The highest BCUT2D eigenvalue weighted by atomic mass is 32.2. The van der Waals surface area contributed by atoms with Crippen LogP contribution in [0.2, 0.25) is 0 Å². The quantitative estimate of drug-likeness (QED) is 0.298. The molecule has 1 aromatic heterocycles. The van der Waals surface area contributed by atoms with E-state index in [-0.39, 0.29) is 18.2 Å². The number of hydrogen-bond acceptors (Lipinski definition) is 6. The molecule has 7 heteroatoms. The maximum Gasteiger partial charge on any atom is 0.247 e. The fraction of sp³-hybridized carbons (Fsp3) is 0.133. The lowest BCUT2D eigenvalue weighted by molar-refractivity contribution is -0.121. The Labute approximate surface area is 219 Å². The smallest absolute Gasteiger partial charge is 0.247 e. The summed E-state index contributed by atoms with van der Waals surface area (Å²) in [5.41, 5.74) is 5.06. The van der Waals surface area contributed by atoms with Crippen LogP contribution in [0.25, 0.3) is 22.4 Å². The molecule has 1 atom stereocenters. The number of benzene rings is 3. The summed E-state index contributed by atoms with van der Waals surface area (Å²) in [6.07, 6.45) is 0.0390. The number of hydrogen-bond donors (Lipinski definition) is 0. The molecule has 2 amide bonds. The van der Waals surface area contributed by atoms with Gasteiger partial charge in [0.1, 0.15) is 16.8 Å². The van der Waals surface area contributed by atoms with E-state index in [2.05, 4.69) is 6.07 Å². The number of pyridine rings is 1. The van der Waals surface area contributed by atoms with E-state index in [4.69, 9.17) is 9.72 Å². The number of carbonyl (C=O) groups is 2. The lowest BCUT2D eigenvalue weighted by atomic mass is 9.99. The molecule has 4 aromatic rings. The van der Waals surface area contributed by atoms with Gasteiger partial charge < -0.3 is 4.74 Å². The van der Waals surface area contributed by atoms with Crippen LogP contribution >= 0.6 is 11.8 Å². The molecular formula is C30H23N3O3S. The Balaban J connectivity index is 1.56. The van der Waals surface area contributed by atoms with Gasteiger partial charge in [0.05, 0.1) is 29.3 Å². The van der Waals surface area contributed by atoms with Crippen LogP contribution in [0, 0.1) is 18.3 Å². The van der Waals surface area contributed by atoms with Crippen LogP contribution in [-0.2, 0) is 9.59 Å². The summed E-state index contributed by atoms with van der Waals surface area (Å²) in [7, 11) is 1.60. The zero-order valence-electron chi connectivity index (χ0n) is 20.3. The van der Waals surface area contributed by atoms with E-state index in [1.165, 1.54) is 16.7 Å². The Hall–Kier alpha value is -4.41. The molecule has 5 rings (SSSR count). The molecule has 3 aromatic carbocycles. The zero-order chi connectivity index (χ0) is 25.9. The molecule has 0 saturated carbocycles. The first-order valence-electron chi connectivity index (χ1n) is 11.7. The number of imide groups is 1. The van der Waals surface area contributed by atoms with E-state index in [1.54, 1.807) is 19.2 Å². The van der Waals surface area contributed by atoms with Crippen LogP contribution in [-0.4, -0.2) is 29.2 Å². The van der Waals surface area contributed by atoms with Gasteiger partial charge in [-0.05, 0) is 42.8 Å². The average molecular weight is 506 g/mol. The van der Waals surface area contributed by atoms with Gasteiger partial charge in [0.25, 0.3) is 0 Å². The van der Waals surface area contributed by atoms with Gasteiger partial charge in [-0.1, -0.05) is 71.9 Å². The van der Waals surface area contributed by atoms with Crippen LogP contribution in [0.3, 0.4) is 0 Å². The van der Waals surface area contributed by atoms with Gasteiger partial charge in [0.15, 0.2) is 0 Å². The van der Waals surface area contributed by atoms with Crippen molar-refractivity contribution in [3.05, 3.63) is 96.1 Å². The molecule has 0 bridgehead atoms. The van der Waals surface area contributed by atoms with Crippen molar-refractivity contribution in [3.8, 4) is 34.2 Å². The van der Waals surface area contributed by atoms with Crippen molar-refractivity contribution in [2.45, 2.75) is 23.6 Å². The lowest BCUT2D eigenvalue weighted by Crippen LogP contribution is -2.31. The maximum atomic E-state index is 13.3. The maximum absolute atomic E-state index is 13.3. The molecule has 0 unspecified atom stereocenters. The molecule has 37 heavy (non-hydrogen) atoms. The van der Waals surface area contributed by atoms with Gasteiger partial charge in [-0.15, -0.1) is 0 Å². The van der Waals surface area contributed by atoms with Crippen LogP contribution in [0.5, 0.6) is 5.75 Å². The molecule has 1 aliphatic rings. The van der Waals surface area contributed by atoms with Crippen molar-refractivity contribution >= 4 is 29.3 Å². The molecule has 1 saturated heterocycles. The van der Waals surface area contributed by atoms with Gasteiger partial charge in [-0.2, -0.15) is 5.26 Å². The van der Waals surface area contributed by atoms with Crippen molar-refractivity contribution < 1.29 is 14.3 Å². The molecule has 0 aliphatic carbocycles. The minimum atomic E-state index is -0.678. The largest absolute Gasteiger partial charge is 0.497 e. The highest BCUT2D eigenvalue weighted by Gasteiger charge is 2.41. The lowest BCUT2D eigenvalue weighted by Gasteiger charge is -2.16. The number of nitriles is 1. The minimum absolute atomic E-state index is 0.0390. The number of methoxy groups -OCH3 is 1. The highest BCUT2D eigenvalue weighted by molar-refractivity contribution is 8.00. The first-order chi connectivity index (χ1) is 18.0. The van der Waals surface area contributed by atoms with Crippen molar-refractivity contribution in [1.82, 2.24) is 4.98 Å². The fourth-order valence-electron chi connectivity index (χ4n) is 4.27. The molecular weight excluding hydrogens is 482 g/mol. The number of rotatable bonds is 6. The predicted octanol–water partition coefficient (Wildman–Crippen LogP) is 6.03. The third-order valence-corrected chi connectivity index (χ3v) is 7.39. The summed E-state index contributed by atoms with van der Waals surface area (Å²) in [6.45, 7) is 1.95. The Morgan fingerprint density at radius 2 is 1.68 bits per heavy atom. The average Bonchev–Trinajstić information content (AvgIpc) is 3.21. The number of anilines is 1. The van der Waals surface area contributed by atoms with E-state index in [0.717, 1.165) is 16.7 Å². The summed E-state index contributed by atoms with van der Waals surface area (Å²) in [6, 6.07) is 28.6. The minimum Gasteiger partial charge on any atom is -0.497 e. The molecule has 182 valence electrons. The molecule has 2 heterocycles. The summed E-state index contributed by atoms with van der Waals surface area (Å²) in [5.74, 6) is 0.139. The fourth-order valence-corrected chi connectivity index (χ4v) is 5.39. The second kappa shape index (κ2) is 10.3. The molecule has 0 N–H and O–H groups in total. The third kappa shape index (κ3) is 4.84. The monoisotopic (exact) mass is 505 g/mol. The number of amides is 2. The summed E-state index contributed by atoms with van der Waals surface area (Å²) in [5, 5.41) is 9.93. The van der Waals surface area contributed by atoms with Crippen molar-refractivity contribution in [1.29, 1.82) is 5.26 Å². The van der Waals surface area contributed by atoms with Crippen LogP contribution in [0.15, 0.2) is 90.0 Å². The number of carbonyl (C=O) groups excluding carboxylic acids is 2. The van der Waals surface area contributed by atoms with Crippen LogP contribution in [0.1, 0.15) is 17.5 Å². The number of nitrogens with zero attached hydrogens (tertiary/aromatic N) is 3. The second-order valence-corrected chi connectivity index (χ2v) is 9.85. The van der Waals surface area contributed by atoms with Crippen molar-refractivity contribution in [3.63, 3.8) is 0 Å². The number of ether oxygens (including phenoxy) is 1. The molecule has 1 aliphatic heterocycles. The van der Waals surface area contributed by atoms with E-state index >= 15 is 0 Å². The van der Waals surface area contributed by atoms with Crippen LogP contribution < -0.4 is 9.64 Å². The third-order valence-electron chi connectivity index (χ3n) is 6.22. The number of aromatic nitrogens is 1. The Morgan fingerprint density at radius 3 is 2.32 bits per heavy atom. The first kappa shape index (κ1) is 24.3. The zero-order valence-corrected chi connectivity index (χ0v) is 21.2. The summed E-state index contributed by atoms with van der Waals surface area (Å²) < 4.78 is 5.29. The topological polar surface area (TPSA) is 83.3 Å². The SMILES string of the molecule is COc1ccc(-c2cc(-c3ccccc3)nc(S[C@@H]3CC(=O)N(c4ccc(C)cc4)C3=O)c2C#N)cc1. The molecule has 1 fully saturated rings. The van der Waals surface area contributed by atoms with Gasteiger partial charge in [-0.25, -0.2) is 9.88 Å². The van der Waals surface area contributed by atoms with Gasteiger partial charge in [-0.3, -0.25) is 9.59 Å². The van der Waals surface area contributed by atoms with Crippen molar-refractivity contribution in [2.24, 2.45) is 0 Å². The number of aryl methyl sites for hydroxylation is 1. The normalized spacial score (nSPS) is 15.1. The Morgan fingerprint density at radius 1 is 0.973 bits per heavy atom. The van der Waals surface area contributed by atoms with E-state index < -0.39 is 5.25 Å². The van der Waals surface area contributed by atoms with Gasteiger partial charge in [0.2, 0.25) is 11.8 Å². The predicted molar refractivity (Wildman–Crippen MR) is 144 cm³/mol. The van der Waals surface area contributed by atoms with E-state index in [1.807, 2.05) is 79.7 Å². The van der Waals surface area contributed by atoms with Gasteiger partial charge >= 0.3 is 0 Å².